The topological polar surface area (TPSA) is 75.4 Å². The first kappa shape index (κ1) is 17.5. The Bertz CT molecular complexity index is 520. The number of nitrogens with two attached hydrogens (primary N) is 1. The zero-order chi connectivity index (χ0) is 16.7. The summed E-state index contributed by atoms with van der Waals surface area (Å²) in [5.41, 5.74) is 7.74. The third-order valence-electron chi connectivity index (χ3n) is 4.32. The van der Waals surface area contributed by atoms with E-state index in [4.69, 9.17) is 5.73 Å². The molecule has 23 heavy (non-hydrogen) atoms. The number of likely N-dealkylation sites (tertiary alicyclic amines) is 1. The van der Waals surface area contributed by atoms with Gasteiger partial charge < -0.3 is 11.1 Å². The second-order valence-electron chi connectivity index (χ2n) is 6.42. The molecule has 1 heterocycles. The number of piperidine rings is 1. The predicted molar refractivity (Wildman–Crippen MR) is 90.9 cm³/mol. The van der Waals surface area contributed by atoms with Crippen LogP contribution in [-0.4, -0.2) is 42.4 Å². The number of carbonyl (C=O) groups is 2. The molecule has 1 saturated heterocycles. The molecular weight excluding hydrogens is 290 g/mol. The first-order chi connectivity index (χ1) is 11.0. The van der Waals surface area contributed by atoms with Crippen LogP contribution in [0, 0.1) is 6.92 Å². The SMILES string of the molecule is Cc1ccc(CCCC(=O)NC2CCN(CC(N)=O)CC2)cc1. The third-order valence-corrected chi connectivity index (χ3v) is 4.32. The summed E-state index contributed by atoms with van der Waals surface area (Å²) < 4.78 is 0. The molecule has 5 heteroatoms. The largest absolute Gasteiger partial charge is 0.369 e. The van der Waals surface area contributed by atoms with E-state index in [0.717, 1.165) is 38.8 Å². The highest BCUT2D eigenvalue weighted by molar-refractivity contribution is 5.76. The normalized spacial score (nSPS) is 16.2. The Labute approximate surface area is 138 Å². The summed E-state index contributed by atoms with van der Waals surface area (Å²) in [7, 11) is 0. The Balaban J connectivity index is 1.62. The van der Waals surface area contributed by atoms with Gasteiger partial charge in [0.2, 0.25) is 11.8 Å². The van der Waals surface area contributed by atoms with E-state index in [1.165, 1.54) is 11.1 Å². The Morgan fingerprint density at radius 3 is 2.48 bits per heavy atom. The minimum atomic E-state index is -0.288. The van der Waals surface area contributed by atoms with E-state index in [9.17, 15) is 9.59 Å². The van der Waals surface area contributed by atoms with Crippen LogP contribution in [0.3, 0.4) is 0 Å². The van der Waals surface area contributed by atoms with Crippen LogP contribution < -0.4 is 11.1 Å². The molecule has 126 valence electrons. The maximum atomic E-state index is 12.0. The number of carbonyl (C=O) groups excluding carboxylic acids is 2. The monoisotopic (exact) mass is 317 g/mol. The highest BCUT2D eigenvalue weighted by atomic mass is 16.2. The lowest BCUT2D eigenvalue weighted by Crippen LogP contribution is -2.46. The van der Waals surface area contributed by atoms with Crippen LogP contribution in [0.4, 0.5) is 0 Å². The quantitative estimate of drug-likeness (QED) is 0.798. The number of amides is 2. The molecule has 0 atom stereocenters. The summed E-state index contributed by atoms with van der Waals surface area (Å²) in [5, 5.41) is 3.11. The number of nitrogens with zero attached hydrogens (tertiary/aromatic N) is 1. The van der Waals surface area contributed by atoms with Crippen molar-refractivity contribution < 1.29 is 9.59 Å². The van der Waals surface area contributed by atoms with Gasteiger partial charge in [-0.2, -0.15) is 0 Å². The molecule has 5 nitrogen and oxygen atoms in total. The first-order valence-corrected chi connectivity index (χ1v) is 8.38. The minimum absolute atomic E-state index is 0.130. The lowest BCUT2D eigenvalue weighted by Gasteiger charge is -2.31. The van der Waals surface area contributed by atoms with Gasteiger partial charge in [-0.15, -0.1) is 0 Å². The first-order valence-electron chi connectivity index (χ1n) is 8.38. The standard InChI is InChI=1S/C18H27N3O2/c1-14-5-7-15(8-6-14)3-2-4-18(23)20-16-9-11-21(12-10-16)13-17(19)22/h5-8,16H,2-4,9-13H2,1H3,(H2,19,22)(H,20,23). The summed E-state index contributed by atoms with van der Waals surface area (Å²) >= 11 is 0. The molecule has 1 aromatic rings. The van der Waals surface area contributed by atoms with Crippen LogP contribution in [0.2, 0.25) is 0 Å². The number of benzene rings is 1. The molecule has 0 unspecified atom stereocenters. The van der Waals surface area contributed by atoms with Crippen molar-refractivity contribution in [3.63, 3.8) is 0 Å². The van der Waals surface area contributed by atoms with Gasteiger partial charge >= 0.3 is 0 Å². The lowest BCUT2D eigenvalue weighted by atomic mass is 10.0. The average molecular weight is 317 g/mol. The van der Waals surface area contributed by atoms with Crippen LogP contribution in [0.25, 0.3) is 0 Å². The highest BCUT2D eigenvalue weighted by Gasteiger charge is 2.21. The van der Waals surface area contributed by atoms with Gasteiger partial charge in [0.05, 0.1) is 6.54 Å². The van der Waals surface area contributed by atoms with Crippen molar-refractivity contribution in [3.05, 3.63) is 35.4 Å². The molecule has 0 spiro atoms. The number of aryl methyl sites for hydroxylation is 2. The fourth-order valence-electron chi connectivity index (χ4n) is 2.96. The van der Waals surface area contributed by atoms with Crippen LogP contribution in [0.1, 0.15) is 36.8 Å². The van der Waals surface area contributed by atoms with Crippen molar-refractivity contribution in [2.75, 3.05) is 19.6 Å². The predicted octanol–water partition coefficient (Wildman–Crippen LogP) is 1.38. The van der Waals surface area contributed by atoms with Crippen molar-refractivity contribution in [3.8, 4) is 0 Å². The Hall–Kier alpha value is -1.88. The summed E-state index contributed by atoms with van der Waals surface area (Å²) in [4.78, 5) is 25.0. The number of nitrogens with one attached hydrogen (secondary N) is 1. The van der Waals surface area contributed by atoms with Gasteiger partial charge in [0.1, 0.15) is 0 Å². The van der Waals surface area contributed by atoms with Crippen molar-refractivity contribution in [1.29, 1.82) is 0 Å². The highest BCUT2D eigenvalue weighted by Crippen LogP contribution is 2.11. The van der Waals surface area contributed by atoms with E-state index in [0.29, 0.717) is 13.0 Å². The number of hydrogen-bond acceptors (Lipinski definition) is 3. The van der Waals surface area contributed by atoms with Crippen LogP contribution >= 0.6 is 0 Å². The van der Waals surface area contributed by atoms with Gasteiger partial charge in [-0.3, -0.25) is 14.5 Å². The number of primary amides is 1. The van der Waals surface area contributed by atoms with E-state index < -0.39 is 0 Å². The lowest BCUT2D eigenvalue weighted by molar-refractivity contribution is -0.123. The minimum Gasteiger partial charge on any atom is -0.369 e. The molecule has 1 aliphatic rings. The van der Waals surface area contributed by atoms with Crippen LogP contribution in [0.15, 0.2) is 24.3 Å². The van der Waals surface area contributed by atoms with Crippen molar-refractivity contribution in [2.24, 2.45) is 5.73 Å². The van der Waals surface area contributed by atoms with Crippen LogP contribution in [0.5, 0.6) is 0 Å². The Morgan fingerprint density at radius 2 is 1.87 bits per heavy atom. The number of hydrogen-bond donors (Lipinski definition) is 2. The third kappa shape index (κ3) is 6.40. The summed E-state index contributed by atoms with van der Waals surface area (Å²) in [5.74, 6) is -0.158. The number of rotatable bonds is 7. The smallest absolute Gasteiger partial charge is 0.231 e. The summed E-state index contributed by atoms with van der Waals surface area (Å²) in [6.07, 6.45) is 4.14. The second kappa shape index (κ2) is 8.67. The molecular formula is C18H27N3O2. The van der Waals surface area contributed by atoms with Gasteiger partial charge in [-0.25, -0.2) is 0 Å². The van der Waals surface area contributed by atoms with Crippen molar-refractivity contribution in [1.82, 2.24) is 10.2 Å². The fraction of sp³-hybridized carbons (Fsp3) is 0.556. The van der Waals surface area contributed by atoms with Gasteiger partial charge in [0, 0.05) is 25.6 Å². The molecule has 0 radical (unpaired) electrons. The average Bonchev–Trinajstić information content (AvgIpc) is 2.51. The molecule has 0 bridgehead atoms. The second-order valence-corrected chi connectivity index (χ2v) is 6.42. The van der Waals surface area contributed by atoms with E-state index in [2.05, 4.69) is 36.5 Å². The van der Waals surface area contributed by atoms with Gasteiger partial charge in [0.25, 0.3) is 0 Å². The van der Waals surface area contributed by atoms with Gasteiger partial charge in [-0.1, -0.05) is 29.8 Å². The van der Waals surface area contributed by atoms with E-state index in [-0.39, 0.29) is 17.9 Å². The molecule has 2 rings (SSSR count). The van der Waals surface area contributed by atoms with E-state index >= 15 is 0 Å². The zero-order valence-corrected chi connectivity index (χ0v) is 13.9. The molecule has 1 aliphatic heterocycles. The maximum absolute atomic E-state index is 12.0. The van der Waals surface area contributed by atoms with Crippen LogP contribution in [-0.2, 0) is 16.0 Å². The molecule has 1 aromatic carbocycles. The van der Waals surface area contributed by atoms with Crippen molar-refractivity contribution in [2.45, 2.75) is 45.1 Å². The molecule has 0 saturated carbocycles. The zero-order valence-electron chi connectivity index (χ0n) is 13.9. The Morgan fingerprint density at radius 1 is 1.22 bits per heavy atom. The molecule has 2 amide bonds. The van der Waals surface area contributed by atoms with Gasteiger partial charge in [0.15, 0.2) is 0 Å². The van der Waals surface area contributed by atoms with E-state index in [1.54, 1.807) is 0 Å². The molecule has 0 aliphatic carbocycles. The van der Waals surface area contributed by atoms with E-state index in [1.807, 2.05) is 4.90 Å². The maximum Gasteiger partial charge on any atom is 0.231 e. The molecule has 0 aromatic heterocycles. The summed E-state index contributed by atoms with van der Waals surface area (Å²) in [6, 6.07) is 8.69. The summed E-state index contributed by atoms with van der Waals surface area (Å²) in [6.45, 7) is 4.03. The van der Waals surface area contributed by atoms with Crippen molar-refractivity contribution >= 4 is 11.8 Å². The molecule has 3 N–H and O–H groups in total. The fourth-order valence-corrected chi connectivity index (χ4v) is 2.96. The molecule has 1 fully saturated rings. The Kier molecular flexibility index (Phi) is 6.59. The van der Waals surface area contributed by atoms with Gasteiger partial charge in [-0.05, 0) is 38.2 Å².